The maximum absolute atomic E-state index is 13.0. The molecule has 0 aromatic heterocycles. The van der Waals surface area contributed by atoms with E-state index in [9.17, 15) is 43.2 Å². The summed E-state index contributed by atoms with van der Waals surface area (Å²) in [5.74, 6) is -1.35. The molecule has 0 spiro atoms. The van der Waals surface area contributed by atoms with Crippen LogP contribution in [0.4, 0.5) is 0 Å². The van der Waals surface area contributed by atoms with Crippen molar-refractivity contribution < 1.29 is 80.2 Å². The van der Waals surface area contributed by atoms with E-state index < -0.39 is 97.5 Å². The van der Waals surface area contributed by atoms with E-state index in [1.54, 1.807) is 0 Å². The van der Waals surface area contributed by atoms with Gasteiger partial charge in [0.05, 0.1) is 26.4 Å². The van der Waals surface area contributed by atoms with Gasteiger partial charge in [-0.3, -0.25) is 37.3 Å². The summed E-state index contributed by atoms with van der Waals surface area (Å²) in [5.41, 5.74) is 0. The molecule has 2 unspecified atom stereocenters. The standard InChI is InChI=1S/C62H120O17P2/c1-6-9-12-15-16-17-18-22-26-29-32-37-41-46-60(65)73-52-58(79-62(67)48-43-38-33-30-27-24-21-19-20-23-25-28-31-36-39-44-55(4)5)54-77-81(70,71)75-50-56(63)49-74-80(68,69)76-53-57(78-61(66)47-42-35-14-11-8-3)51-72-59(64)45-40-34-13-10-7-2/h55-58,63H,6-54H2,1-5H3,(H,68,69)(H,70,71)/t56-,57+,58+/m0/s1. The Balaban J connectivity index is 5.09. The van der Waals surface area contributed by atoms with Gasteiger partial charge in [0.25, 0.3) is 0 Å². The molecule has 0 amide bonds. The van der Waals surface area contributed by atoms with Crippen molar-refractivity contribution in [3.05, 3.63) is 0 Å². The largest absolute Gasteiger partial charge is 0.472 e. The second kappa shape index (κ2) is 55.9. The van der Waals surface area contributed by atoms with E-state index in [4.69, 9.17) is 37.0 Å². The van der Waals surface area contributed by atoms with Crippen LogP contribution in [-0.2, 0) is 65.4 Å². The van der Waals surface area contributed by atoms with Gasteiger partial charge in [0.2, 0.25) is 0 Å². The van der Waals surface area contributed by atoms with E-state index in [0.29, 0.717) is 25.7 Å². The molecule has 480 valence electrons. The minimum atomic E-state index is -4.94. The second-order valence-electron chi connectivity index (χ2n) is 22.9. The van der Waals surface area contributed by atoms with Crippen molar-refractivity contribution in [3.8, 4) is 0 Å². The molecule has 0 fully saturated rings. The third-order valence-electron chi connectivity index (χ3n) is 14.3. The van der Waals surface area contributed by atoms with Gasteiger partial charge in [0.15, 0.2) is 12.2 Å². The minimum absolute atomic E-state index is 0.0989. The number of rotatable bonds is 62. The zero-order valence-electron chi connectivity index (χ0n) is 51.9. The third kappa shape index (κ3) is 56.9. The zero-order valence-corrected chi connectivity index (χ0v) is 53.7. The van der Waals surface area contributed by atoms with Gasteiger partial charge in [-0.1, -0.05) is 259 Å². The van der Waals surface area contributed by atoms with E-state index in [1.165, 1.54) is 128 Å². The molecule has 0 radical (unpaired) electrons. The summed E-state index contributed by atoms with van der Waals surface area (Å²) >= 11 is 0. The predicted molar refractivity (Wildman–Crippen MR) is 322 cm³/mol. The molecule has 0 aliphatic heterocycles. The lowest BCUT2D eigenvalue weighted by molar-refractivity contribution is -0.161. The van der Waals surface area contributed by atoms with E-state index >= 15 is 0 Å². The maximum Gasteiger partial charge on any atom is 0.472 e. The summed E-state index contributed by atoms with van der Waals surface area (Å²) in [6.45, 7) is 7.03. The second-order valence-corrected chi connectivity index (χ2v) is 25.8. The number of carbonyl (C=O) groups excluding carboxylic acids is 4. The van der Waals surface area contributed by atoms with Gasteiger partial charge >= 0.3 is 39.5 Å². The molecule has 3 N–H and O–H groups in total. The number of carbonyl (C=O) groups is 4. The van der Waals surface area contributed by atoms with Crippen LogP contribution in [0.2, 0.25) is 0 Å². The van der Waals surface area contributed by atoms with Crippen LogP contribution in [0.25, 0.3) is 0 Å². The molecule has 0 aliphatic carbocycles. The first-order valence-corrected chi connectivity index (χ1v) is 35.6. The Kier molecular flexibility index (Phi) is 54.6. The van der Waals surface area contributed by atoms with Gasteiger partial charge in [-0.25, -0.2) is 9.13 Å². The summed E-state index contributed by atoms with van der Waals surface area (Å²) in [5, 5.41) is 10.5. The number of hydrogen-bond acceptors (Lipinski definition) is 15. The Hall–Kier alpha value is -1.94. The van der Waals surface area contributed by atoms with Gasteiger partial charge in [-0.15, -0.1) is 0 Å². The van der Waals surface area contributed by atoms with Gasteiger partial charge in [-0.05, 0) is 31.6 Å². The number of phosphoric ester groups is 2. The highest BCUT2D eigenvalue weighted by atomic mass is 31.2. The molecule has 0 bridgehead atoms. The van der Waals surface area contributed by atoms with Crippen molar-refractivity contribution in [1.82, 2.24) is 0 Å². The lowest BCUT2D eigenvalue weighted by atomic mass is 10.0. The number of ether oxygens (including phenoxy) is 4. The maximum atomic E-state index is 13.0. The fourth-order valence-corrected chi connectivity index (χ4v) is 10.8. The van der Waals surface area contributed by atoms with Gasteiger partial charge < -0.3 is 33.8 Å². The van der Waals surface area contributed by atoms with Crippen molar-refractivity contribution in [2.24, 2.45) is 5.92 Å². The van der Waals surface area contributed by atoms with E-state index in [0.717, 1.165) is 102 Å². The quantitative estimate of drug-likeness (QED) is 0.0222. The fourth-order valence-electron chi connectivity index (χ4n) is 9.23. The average Bonchev–Trinajstić information content (AvgIpc) is 3.43. The molecule has 0 heterocycles. The fraction of sp³-hybridized carbons (Fsp3) is 0.935. The summed E-state index contributed by atoms with van der Waals surface area (Å²) < 4.78 is 67.5. The van der Waals surface area contributed by atoms with Crippen LogP contribution in [0.1, 0.15) is 311 Å². The van der Waals surface area contributed by atoms with E-state index in [-0.39, 0.29) is 25.7 Å². The van der Waals surface area contributed by atoms with Crippen LogP contribution < -0.4 is 0 Å². The Morgan fingerprint density at radius 2 is 0.568 bits per heavy atom. The molecule has 0 saturated carbocycles. The van der Waals surface area contributed by atoms with Crippen molar-refractivity contribution in [3.63, 3.8) is 0 Å². The summed E-state index contributed by atoms with van der Waals surface area (Å²) in [7, 11) is -9.86. The van der Waals surface area contributed by atoms with Gasteiger partial charge in [0.1, 0.15) is 19.3 Å². The molecule has 0 saturated heterocycles. The predicted octanol–water partition coefficient (Wildman–Crippen LogP) is 17.0. The minimum Gasteiger partial charge on any atom is -0.462 e. The monoisotopic (exact) mass is 1200 g/mol. The van der Waals surface area contributed by atoms with Gasteiger partial charge in [0, 0.05) is 25.7 Å². The van der Waals surface area contributed by atoms with Gasteiger partial charge in [-0.2, -0.15) is 0 Å². The Morgan fingerprint density at radius 1 is 0.333 bits per heavy atom. The molecule has 19 heteroatoms. The summed E-state index contributed by atoms with van der Waals surface area (Å²) in [4.78, 5) is 71.6. The molecule has 81 heavy (non-hydrogen) atoms. The number of phosphoric acid groups is 2. The van der Waals surface area contributed by atoms with Crippen molar-refractivity contribution in [1.29, 1.82) is 0 Å². The molecular formula is C62H120O17P2. The summed E-state index contributed by atoms with van der Waals surface area (Å²) in [6, 6.07) is 0. The first-order valence-electron chi connectivity index (χ1n) is 32.6. The van der Waals surface area contributed by atoms with Crippen LogP contribution in [0, 0.1) is 5.92 Å². The highest BCUT2D eigenvalue weighted by Gasteiger charge is 2.30. The number of unbranched alkanes of at least 4 members (excludes halogenated alkanes) is 34. The van der Waals surface area contributed by atoms with Crippen molar-refractivity contribution >= 4 is 39.5 Å². The highest BCUT2D eigenvalue weighted by Crippen LogP contribution is 2.45. The molecule has 0 aromatic rings. The van der Waals surface area contributed by atoms with Crippen LogP contribution in [-0.4, -0.2) is 96.7 Å². The lowest BCUT2D eigenvalue weighted by Crippen LogP contribution is -2.30. The lowest BCUT2D eigenvalue weighted by Gasteiger charge is -2.21. The number of hydrogen-bond donors (Lipinski definition) is 3. The zero-order chi connectivity index (χ0) is 59.9. The SMILES string of the molecule is CCCCCCCCCCCCCCCC(=O)OC[C@H](COP(=O)(O)OC[C@@H](O)COP(=O)(O)OC[C@@H](COC(=O)CCCCCCC)OC(=O)CCCCCCC)OC(=O)CCCCCCCCCCCCCCCCCC(C)C. The number of esters is 4. The number of aliphatic hydroxyl groups excluding tert-OH is 1. The summed E-state index contributed by atoms with van der Waals surface area (Å²) in [6.07, 6.45) is 39.7. The Bertz CT molecular complexity index is 1580. The molecular weight excluding hydrogens is 1080 g/mol. The average molecular weight is 1200 g/mol. The third-order valence-corrected chi connectivity index (χ3v) is 16.2. The topological polar surface area (TPSA) is 237 Å². The molecule has 5 atom stereocenters. The van der Waals surface area contributed by atoms with Crippen molar-refractivity contribution in [2.45, 2.75) is 329 Å². The Labute approximate surface area is 492 Å². The smallest absolute Gasteiger partial charge is 0.462 e. The first-order chi connectivity index (χ1) is 39.0. The molecule has 0 aromatic carbocycles. The Morgan fingerprint density at radius 3 is 0.840 bits per heavy atom. The van der Waals surface area contributed by atoms with E-state index in [2.05, 4.69) is 34.6 Å². The van der Waals surface area contributed by atoms with Crippen LogP contribution in [0.5, 0.6) is 0 Å². The molecule has 17 nitrogen and oxygen atoms in total. The van der Waals surface area contributed by atoms with Crippen molar-refractivity contribution in [2.75, 3.05) is 39.6 Å². The van der Waals surface area contributed by atoms with Crippen LogP contribution in [0.3, 0.4) is 0 Å². The number of aliphatic hydroxyl groups is 1. The molecule has 0 rings (SSSR count). The molecule has 0 aliphatic rings. The first kappa shape index (κ1) is 79.1. The highest BCUT2D eigenvalue weighted by molar-refractivity contribution is 7.47. The van der Waals surface area contributed by atoms with Crippen LogP contribution in [0.15, 0.2) is 0 Å². The van der Waals surface area contributed by atoms with Crippen LogP contribution >= 0.6 is 15.6 Å². The normalized spacial score (nSPS) is 14.3. The van der Waals surface area contributed by atoms with E-state index in [1.807, 2.05) is 0 Å².